The number of furan rings is 1. The largest absolute Gasteiger partial charge is 0.467 e. The Labute approximate surface area is 158 Å². The molecule has 3 rings (SSSR count). The Morgan fingerprint density at radius 3 is 3.08 bits per heavy atom. The van der Waals surface area contributed by atoms with Gasteiger partial charge in [-0.15, -0.1) is 0 Å². The van der Waals surface area contributed by atoms with Crippen LogP contribution < -0.4 is 5.32 Å². The number of rotatable bonds is 7. The molecule has 2 amide bonds. The van der Waals surface area contributed by atoms with E-state index in [1.807, 2.05) is 0 Å². The SMILES string of the molecule is CN(CC(=O)NCc1ccco1)C(=O)CSc1nc2ncc(Cl)cc2[nH]1. The molecule has 8 nitrogen and oxygen atoms in total. The van der Waals surface area contributed by atoms with Crippen LogP contribution in [0.5, 0.6) is 0 Å². The highest BCUT2D eigenvalue weighted by atomic mass is 35.5. The molecular weight excluding hydrogens is 378 g/mol. The summed E-state index contributed by atoms with van der Waals surface area (Å²) >= 11 is 7.12. The third-order valence-corrected chi connectivity index (χ3v) is 4.53. The van der Waals surface area contributed by atoms with Gasteiger partial charge in [-0.2, -0.15) is 0 Å². The quantitative estimate of drug-likeness (QED) is 0.595. The lowest BCUT2D eigenvalue weighted by atomic mass is 10.4. The third kappa shape index (κ3) is 4.77. The Hall–Kier alpha value is -2.52. The minimum absolute atomic E-state index is 0.0304. The van der Waals surface area contributed by atoms with Crippen molar-refractivity contribution in [1.82, 2.24) is 25.2 Å². The molecule has 0 unspecified atom stereocenters. The number of pyridine rings is 1. The Balaban J connectivity index is 1.46. The Kier molecular flexibility index (Phi) is 5.79. The number of H-pyrrole nitrogens is 1. The molecule has 0 aromatic carbocycles. The standard InChI is InChI=1S/C16H16ClN5O3S/c1-22(8-13(23)18-7-11-3-2-4-25-11)14(24)9-26-16-20-12-5-10(17)6-19-15(12)21-16/h2-6H,7-9H2,1H3,(H,18,23)(H,19,20,21). The average Bonchev–Trinajstić information content (AvgIpc) is 3.26. The second-order valence-electron chi connectivity index (χ2n) is 5.46. The molecule has 0 saturated heterocycles. The molecule has 10 heteroatoms. The molecule has 0 radical (unpaired) electrons. The minimum atomic E-state index is -0.259. The zero-order valence-electron chi connectivity index (χ0n) is 13.9. The second-order valence-corrected chi connectivity index (χ2v) is 6.86. The van der Waals surface area contributed by atoms with Crippen molar-refractivity contribution < 1.29 is 14.0 Å². The van der Waals surface area contributed by atoms with Gasteiger partial charge in [-0.25, -0.2) is 9.97 Å². The molecule has 3 aromatic heterocycles. The van der Waals surface area contributed by atoms with Gasteiger partial charge in [0, 0.05) is 13.2 Å². The molecule has 3 aromatic rings. The number of nitrogens with one attached hydrogen (secondary N) is 2. The van der Waals surface area contributed by atoms with Crippen LogP contribution in [-0.2, 0) is 16.1 Å². The summed E-state index contributed by atoms with van der Waals surface area (Å²) in [7, 11) is 1.58. The smallest absolute Gasteiger partial charge is 0.239 e. The lowest BCUT2D eigenvalue weighted by Crippen LogP contribution is -2.38. The summed E-state index contributed by atoms with van der Waals surface area (Å²) < 4.78 is 5.13. The van der Waals surface area contributed by atoms with Crippen LogP contribution in [0, 0.1) is 0 Å². The van der Waals surface area contributed by atoms with Gasteiger partial charge in [0.1, 0.15) is 5.76 Å². The maximum Gasteiger partial charge on any atom is 0.239 e. The molecule has 0 saturated carbocycles. The lowest BCUT2D eigenvalue weighted by molar-refractivity contribution is -0.132. The molecule has 0 spiro atoms. The maximum atomic E-state index is 12.2. The Bertz CT molecular complexity index is 912. The Morgan fingerprint density at radius 2 is 2.31 bits per heavy atom. The fourth-order valence-electron chi connectivity index (χ4n) is 2.12. The molecule has 2 N–H and O–H groups in total. The van der Waals surface area contributed by atoms with Gasteiger partial charge in [0.05, 0.1) is 35.6 Å². The van der Waals surface area contributed by atoms with Crippen molar-refractivity contribution >= 4 is 46.3 Å². The lowest BCUT2D eigenvalue weighted by Gasteiger charge is -2.16. The van der Waals surface area contributed by atoms with E-state index in [1.54, 1.807) is 25.2 Å². The summed E-state index contributed by atoms with van der Waals surface area (Å²) in [5.74, 6) is 0.358. The van der Waals surface area contributed by atoms with Gasteiger partial charge < -0.3 is 19.6 Å². The summed E-state index contributed by atoms with van der Waals surface area (Å²) in [4.78, 5) is 36.9. The van der Waals surface area contributed by atoms with Crippen molar-refractivity contribution in [1.29, 1.82) is 0 Å². The Morgan fingerprint density at radius 1 is 1.46 bits per heavy atom. The highest BCUT2D eigenvalue weighted by Crippen LogP contribution is 2.20. The number of amides is 2. The first-order chi connectivity index (χ1) is 12.5. The van der Waals surface area contributed by atoms with Gasteiger partial charge >= 0.3 is 0 Å². The molecule has 3 heterocycles. The molecule has 0 fully saturated rings. The van der Waals surface area contributed by atoms with E-state index in [0.29, 0.717) is 27.1 Å². The number of carbonyl (C=O) groups excluding carboxylic acids is 2. The van der Waals surface area contributed by atoms with Gasteiger partial charge in [0.25, 0.3) is 0 Å². The molecule has 0 atom stereocenters. The van der Waals surface area contributed by atoms with Crippen molar-refractivity contribution in [2.75, 3.05) is 19.3 Å². The first-order valence-corrected chi connectivity index (χ1v) is 9.05. The fourth-order valence-corrected chi connectivity index (χ4v) is 3.09. The predicted molar refractivity (Wildman–Crippen MR) is 97.8 cm³/mol. The van der Waals surface area contributed by atoms with Crippen molar-refractivity contribution in [3.05, 3.63) is 41.4 Å². The van der Waals surface area contributed by atoms with Crippen molar-refractivity contribution in [2.24, 2.45) is 0 Å². The maximum absolute atomic E-state index is 12.2. The fraction of sp³-hybridized carbons (Fsp3) is 0.250. The van der Waals surface area contributed by atoms with Crippen LogP contribution in [0.2, 0.25) is 5.02 Å². The number of thioether (sulfide) groups is 1. The zero-order valence-corrected chi connectivity index (χ0v) is 15.4. The highest BCUT2D eigenvalue weighted by Gasteiger charge is 2.15. The number of aromatic amines is 1. The summed E-state index contributed by atoms with van der Waals surface area (Å²) in [6, 6.07) is 5.23. The van der Waals surface area contributed by atoms with E-state index in [0.717, 1.165) is 0 Å². The van der Waals surface area contributed by atoms with E-state index < -0.39 is 0 Å². The number of imidazole rings is 1. The van der Waals surface area contributed by atoms with Gasteiger partial charge in [0.15, 0.2) is 10.8 Å². The molecule has 0 aliphatic rings. The zero-order chi connectivity index (χ0) is 18.5. The number of carbonyl (C=O) groups is 2. The summed E-state index contributed by atoms with van der Waals surface area (Å²) in [5, 5.41) is 3.77. The molecular formula is C16H16ClN5O3S. The summed E-state index contributed by atoms with van der Waals surface area (Å²) in [6.07, 6.45) is 3.05. The minimum Gasteiger partial charge on any atom is -0.467 e. The first kappa shape index (κ1) is 18.3. The normalized spacial score (nSPS) is 10.8. The van der Waals surface area contributed by atoms with Gasteiger partial charge in [-0.05, 0) is 18.2 Å². The molecule has 26 heavy (non-hydrogen) atoms. The number of fused-ring (bicyclic) bond motifs is 1. The van der Waals surface area contributed by atoms with Crippen molar-refractivity contribution in [2.45, 2.75) is 11.7 Å². The monoisotopic (exact) mass is 393 g/mol. The van der Waals surface area contributed by atoms with Crippen molar-refractivity contribution in [3.63, 3.8) is 0 Å². The molecule has 0 bridgehead atoms. The molecule has 136 valence electrons. The number of nitrogens with zero attached hydrogens (tertiary/aromatic N) is 3. The van der Waals surface area contributed by atoms with Crippen molar-refractivity contribution in [3.8, 4) is 0 Å². The number of likely N-dealkylation sites (N-methyl/N-ethyl adjacent to an activating group) is 1. The van der Waals surface area contributed by atoms with E-state index in [4.69, 9.17) is 16.0 Å². The predicted octanol–water partition coefficient (Wildman–Crippen LogP) is 2.07. The topological polar surface area (TPSA) is 104 Å². The van der Waals surface area contributed by atoms with E-state index in [1.165, 1.54) is 29.1 Å². The van der Waals surface area contributed by atoms with Crippen LogP contribution in [-0.4, -0.2) is 51.0 Å². The van der Waals surface area contributed by atoms with Crippen LogP contribution in [0.1, 0.15) is 5.76 Å². The van der Waals surface area contributed by atoms with E-state index in [-0.39, 0.29) is 30.7 Å². The number of hydrogen-bond acceptors (Lipinski definition) is 6. The molecule has 0 aliphatic carbocycles. The van der Waals surface area contributed by atoms with Crippen LogP contribution in [0.4, 0.5) is 0 Å². The highest BCUT2D eigenvalue weighted by molar-refractivity contribution is 7.99. The van der Waals surface area contributed by atoms with E-state index in [2.05, 4.69) is 20.3 Å². The van der Waals surface area contributed by atoms with Gasteiger partial charge in [-0.1, -0.05) is 23.4 Å². The third-order valence-electron chi connectivity index (χ3n) is 3.46. The second kappa shape index (κ2) is 8.24. The summed E-state index contributed by atoms with van der Waals surface area (Å²) in [5.41, 5.74) is 1.24. The molecule has 0 aliphatic heterocycles. The first-order valence-electron chi connectivity index (χ1n) is 7.68. The average molecular weight is 394 g/mol. The van der Waals surface area contributed by atoms with E-state index in [9.17, 15) is 9.59 Å². The van der Waals surface area contributed by atoms with Crippen LogP contribution >= 0.6 is 23.4 Å². The van der Waals surface area contributed by atoms with Gasteiger partial charge in [0.2, 0.25) is 11.8 Å². The number of aromatic nitrogens is 3. The summed E-state index contributed by atoms with van der Waals surface area (Å²) in [6.45, 7) is 0.258. The van der Waals surface area contributed by atoms with Crippen LogP contribution in [0.15, 0.2) is 40.2 Å². The van der Waals surface area contributed by atoms with Crippen LogP contribution in [0.25, 0.3) is 11.2 Å². The number of hydrogen-bond donors (Lipinski definition) is 2. The van der Waals surface area contributed by atoms with Crippen LogP contribution in [0.3, 0.4) is 0 Å². The van der Waals surface area contributed by atoms with Gasteiger partial charge in [-0.3, -0.25) is 9.59 Å². The van der Waals surface area contributed by atoms with E-state index >= 15 is 0 Å². The number of halogens is 1.